The van der Waals surface area contributed by atoms with E-state index in [-0.39, 0.29) is 5.41 Å². The largest absolute Gasteiger partial charge is 0.368 e. The lowest BCUT2D eigenvalue weighted by molar-refractivity contribution is 0.518. The van der Waals surface area contributed by atoms with Gasteiger partial charge in [-0.25, -0.2) is 15.0 Å². The summed E-state index contributed by atoms with van der Waals surface area (Å²) in [4.78, 5) is 17.4. The monoisotopic (exact) mass is 449 g/mol. The second-order valence-corrected chi connectivity index (χ2v) is 9.38. The van der Waals surface area contributed by atoms with Crippen LogP contribution in [0.1, 0.15) is 42.5 Å². The molecule has 7 nitrogen and oxygen atoms in total. The maximum Gasteiger partial charge on any atom is 0.220 e. The Balaban J connectivity index is 1.49. The SMILES string of the molecule is Cc1ccc(C2(c3cc(-c4c[nH]c5ncc(-c6cnn(C)c6)cc45)nc(N)n3)CCCC2)cc1. The third-order valence-corrected chi connectivity index (χ3v) is 7.14. The summed E-state index contributed by atoms with van der Waals surface area (Å²) in [6, 6.07) is 13.1. The molecule has 0 spiro atoms. The third-order valence-electron chi connectivity index (χ3n) is 7.14. The first-order valence-electron chi connectivity index (χ1n) is 11.7. The van der Waals surface area contributed by atoms with Gasteiger partial charge in [0.25, 0.3) is 0 Å². The predicted molar refractivity (Wildman–Crippen MR) is 134 cm³/mol. The number of aromatic nitrogens is 6. The van der Waals surface area contributed by atoms with Crippen LogP contribution in [0.3, 0.4) is 0 Å². The molecule has 1 fully saturated rings. The minimum Gasteiger partial charge on any atom is -0.368 e. The van der Waals surface area contributed by atoms with Crippen molar-refractivity contribution in [3.63, 3.8) is 0 Å². The van der Waals surface area contributed by atoms with Crippen LogP contribution in [0, 0.1) is 6.92 Å². The number of nitrogens with one attached hydrogen (secondary N) is 1. The normalized spacial score (nSPS) is 15.2. The molecule has 0 bridgehead atoms. The number of hydrogen-bond donors (Lipinski definition) is 2. The zero-order valence-electron chi connectivity index (χ0n) is 19.4. The molecule has 5 aromatic rings. The van der Waals surface area contributed by atoms with E-state index in [4.69, 9.17) is 10.7 Å². The Morgan fingerprint density at radius 1 is 1.00 bits per heavy atom. The van der Waals surface area contributed by atoms with Crippen molar-refractivity contribution in [2.24, 2.45) is 7.05 Å². The Morgan fingerprint density at radius 2 is 1.79 bits per heavy atom. The molecule has 0 amide bonds. The first-order valence-corrected chi connectivity index (χ1v) is 11.7. The van der Waals surface area contributed by atoms with Crippen molar-refractivity contribution in [1.82, 2.24) is 29.7 Å². The zero-order valence-corrected chi connectivity index (χ0v) is 19.4. The molecule has 0 saturated heterocycles. The number of hydrogen-bond acceptors (Lipinski definition) is 5. The number of nitrogens with two attached hydrogens (primary N) is 1. The highest BCUT2D eigenvalue weighted by atomic mass is 15.2. The van der Waals surface area contributed by atoms with Gasteiger partial charge in [-0.05, 0) is 37.5 Å². The molecule has 1 saturated carbocycles. The van der Waals surface area contributed by atoms with Gasteiger partial charge in [0.2, 0.25) is 5.95 Å². The predicted octanol–water partition coefficient (Wildman–Crippen LogP) is 5.17. The second kappa shape index (κ2) is 7.80. The highest BCUT2D eigenvalue weighted by Gasteiger charge is 2.39. The number of aromatic amines is 1. The molecule has 170 valence electrons. The van der Waals surface area contributed by atoms with Crippen LogP contribution in [-0.2, 0) is 12.5 Å². The number of pyridine rings is 1. The van der Waals surface area contributed by atoms with Gasteiger partial charge in [0.1, 0.15) is 5.65 Å². The van der Waals surface area contributed by atoms with Crippen molar-refractivity contribution in [3.05, 3.63) is 78.0 Å². The molecule has 0 unspecified atom stereocenters. The fourth-order valence-corrected chi connectivity index (χ4v) is 5.34. The van der Waals surface area contributed by atoms with Crippen molar-refractivity contribution in [1.29, 1.82) is 0 Å². The van der Waals surface area contributed by atoms with Crippen LogP contribution < -0.4 is 5.73 Å². The zero-order chi connectivity index (χ0) is 23.3. The van der Waals surface area contributed by atoms with Crippen molar-refractivity contribution in [2.45, 2.75) is 38.0 Å². The molecular weight excluding hydrogens is 422 g/mol. The van der Waals surface area contributed by atoms with Gasteiger partial charge in [0, 0.05) is 53.1 Å². The van der Waals surface area contributed by atoms with E-state index in [0.29, 0.717) is 5.95 Å². The molecule has 1 aliphatic rings. The lowest BCUT2D eigenvalue weighted by Crippen LogP contribution is -2.26. The van der Waals surface area contributed by atoms with Crippen LogP contribution >= 0.6 is 0 Å². The Bertz CT molecular complexity index is 1490. The maximum atomic E-state index is 6.30. The second-order valence-electron chi connectivity index (χ2n) is 9.38. The minimum atomic E-state index is -0.134. The number of benzene rings is 1. The van der Waals surface area contributed by atoms with Crippen molar-refractivity contribution < 1.29 is 0 Å². The van der Waals surface area contributed by atoms with Crippen LogP contribution in [0.25, 0.3) is 33.4 Å². The summed E-state index contributed by atoms with van der Waals surface area (Å²) in [5.74, 6) is 0.302. The van der Waals surface area contributed by atoms with Crippen LogP contribution in [-0.4, -0.2) is 29.7 Å². The summed E-state index contributed by atoms with van der Waals surface area (Å²) in [6.07, 6.45) is 12.1. The van der Waals surface area contributed by atoms with Gasteiger partial charge in [0.15, 0.2) is 0 Å². The van der Waals surface area contributed by atoms with E-state index in [1.165, 1.54) is 24.0 Å². The van der Waals surface area contributed by atoms with Crippen LogP contribution in [0.4, 0.5) is 5.95 Å². The molecule has 4 heterocycles. The Kier molecular flexibility index (Phi) is 4.72. The van der Waals surface area contributed by atoms with Gasteiger partial charge >= 0.3 is 0 Å². The molecule has 3 N–H and O–H groups in total. The Labute approximate surface area is 198 Å². The molecule has 6 rings (SSSR count). The number of nitrogen functional groups attached to an aromatic ring is 1. The molecular formula is C27H27N7. The van der Waals surface area contributed by atoms with E-state index in [2.05, 4.69) is 63.4 Å². The van der Waals surface area contributed by atoms with E-state index < -0.39 is 0 Å². The average Bonchev–Trinajstić information content (AvgIpc) is 3.59. The van der Waals surface area contributed by atoms with E-state index in [9.17, 15) is 0 Å². The molecule has 0 radical (unpaired) electrons. The third kappa shape index (κ3) is 3.36. The topological polar surface area (TPSA) is 98.3 Å². The Morgan fingerprint density at radius 3 is 2.53 bits per heavy atom. The summed E-state index contributed by atoms with van der Waals surface area (Å²) >= 11 is 0. The molecule has 4 aromatic heterocycles. The number of rotatable bonds is 4. The Hall–Kier alpha value is -4.00. The van der Waals surface area contributed by atoms with Gasteiger partial charge in [-0.3, -0.25) is 4.68 Å². The summed E-state index contributed by atoms with van der Waals surface area (Å²) in [5.41, 5.74) is 14.4. The van der Waals surface area contributed by atoms with Crippen molar-refractivity contribution in [3.8, 4) is 22.4 Å². The van der Waals surface area contributed by atoms with Gasteiger partial charge in [-0.1, -0.05) is 42.7 Å². The summed E-state index contributed by atoms with van der Waals surface area (Å²) in [6.45, 7) is 2.12. The lowest BCUT2D eigenvalue weighted by Gasteiger charge is -2.30. The smallest absolute Gasteiger partial charge is 0.220 e. The van der Waals surface area contributed by atoms with Gasteiger partial charge in [0.05, 0.1) is 17.6 Å². The maximum absolute atomic E-state index is 6.30. The lowest BCUT2D eigenvalue weighted by atomic mass is 9.75. The van der Waals surface area contributed by atoms with Gasteiger partial charge in [-0.2, -0.15) is 5.10 Å². The van der Waals surface area contributed by atoms with Crippen LogP contribution in [0.2, 0.25) is 0 Å². The quantitative estimate of drug-likeness (QED) is 0.394. The molecule has 34 heavy (non-hydrogen) atoms. The first-order chi connectivity index (χ1) is 16.5. The molecule has 7 heteroatoms. The summed E-state index contributed by atoms with van der Waals surface area (Å²) < 4.78 is 1.79. The first kappa shape index (κ1) is 20.6. The van der Waals surface area contributed by atoms with Crippen LogP contribution in [0.15, 0.2) is 61.2 Å². The van der Waals surface area contributed by atoms with E-state index >= 15 is 0 Å². The number of fused-ring (bicyclic) bond motifs is 1. The standard InChI is InChI=1S/C27H27N7/c1-17-5-7-20(8-6-17)27(9-3-4-10-27)24-12-23(32-26(28)33-24)22-15-30-25-21(22)11-18(13-29-25)19-14-31-34(2)16-19/h5-8,11-16H,3-4,9-10H2,1-2H3,(H,29,30)(H2,28,32,33). The molecule has 0 aliphatic heterocycles. The highest BCUT2D eigenvalue weighted by Crippen LogP contribution is 2.46. The average molecular weight is 450 g/mol. The fourth-order valence-electron chi connectivity index (χ4n) is 5.34. The molecule has 0 atom stereocenters. The van der Waals surface area contributed by atoms with E-state index in [1.807, 2.05) is 31.8 Å². The van der Waals surface area contributed by atoms with E-state index in [0.717, 1.165) is 52.0 Å². The number of nitrogens with zero attached hydrogens (tertiary/aromatic N) is 5. The minimum absolute atomic E-state index is 0.134. The fraction of sp³-hybridized carbons (Fsp3) is 0.259. The molecule has 1 aromatic carbocycles. The van der Waals surface area contributed by atoms with Gasteiger partial charge < -0.3 is 10.7 Å². The number of H-pyrrole nitrogens is 1. The van der Waals surface area contributed by atoms with Crippen LogP contribution in [0.5, 0.6) is 0 Å². The summed E-state index contributed by atoms with van der Waals surface area (Å²) in [7, 11) is 1.91. The van der Waals surface area contributed by atoms with Crippen molar-refractivity contribution >= 4 is 17.0 Å². The molecule has 1 aliphatic carbocycles. The van der Waals surface area contributed by atoms with Gasteiger partial charge in [-0.15, -0.1) is 0 Å². The summed E-state index contributed by atoms with van der Waals surface area (Å²) in [5, 5.41) is 5.30. The highest BCUT2D eigenvalue weighted by molar-refractivity contribution is 5.95. The van der Waals surface area contributed by atoms with Crippen molar-refractivity contribution in [2.75, 3.05) is 5.73 Å². The number of anilines is 1. The van der Waals surface area contributed by atoms with E-state index in [1.54, 1.807) is 4.68 Å². The number of aryl methyl sites for hydroxylation is 2.